The Labute approximate surface area is 140 Å². The molecule has 1 aromatic heterocycles. The Morgan fingerprint density at radius 2 is 2.04 bits per heavy atom. The topological polar surface area (TPSA) is 96.2 Å². The summed E-state index contributed by atoms with van der Waals surface area (Å²) in [5.74, 6) is 0.389. The summed E-state index contributed by atoms with van der Waals surface area (Å²) in [6, 6.07) is 7.91. The quantitative estimate of drug-likeness (QED) is 0.835. The number of rotatable bonds is 4. The van der Waals surface area contributed by atoms with Crippen molar-refractivity contribution in [2.24, 2.45) is 0 Å². The molecule has 1 aliphatic heterocycles. The van der Waals surface area contributed by atoms with Gasteiger partial charge in [-0.15, -0.1) is 0 Å². The fourth-order valence-corrected chi connectivity index (χ4v) is 4.10. The largest absolute Gasteiger partial charge is 0.472 e. The SMILES string of the molecule is N#Cc1ccc(S(=O)(=O)N2CCC[C@H](Oc3cnccn3)C2)cc1. The molecule has 0 amide bonds. The molecule has 8 heteroatoms. The Morgan fingerprint density at radius 1 is 1.25 bits per heavy atom. The maximum Gasteiger partial charge on any atom is 0.243 e. The Morgan fingerprint density at radius 3 is 2.71 bits per heavy atom. The second-order valence-corrected chi connectivity index (χ2v) is 7.36. The molecule has 2 heterocycles. The van der Waals surface area contributed by atoms with Gasteiger partial charge in [-0.3, -0.25) is 4.98 Å². The molecule has 0 spiro atoms. The van der Waals surface area contributed by atoms with E-state index in [4.69, 9.17) is 10.00 Å². The highest BCUT2D eigenvalue weighted by Gasteiger charge is 2.31. The molecule has 7 nitrogen and oxygen atoms in total. The van der Waals surface area contributed by atoms with E-state index in [1.54, 1.807) is 6.20 Å². The molecular weight excluding hydrogens is 328 g/mol. The maximum atomic E-state index is 12.7. The third-order valence-corrected chi connectivity index (χ3v) is 5.67. The predicted molar refractivity (Wildman–Crippen MR) is 85.6 cm³/mol. The Hall–Kier alpha value is -2.50. The molecule has 1 saturated heterocycles. The molecule has 1 aliphatic rings. The Kier molecular flexibility index (Phi) is 4.74. The van der Waals surface area contributed by atoms with E-state index in [-0.39, 0.29) is 17.5 Å². The van der Waals surface area contributed by atoms with Crippen molar-refractivity contribution >= 4 is 10.0 Å². The number of hydrogen-bond donors (Lipinski definition) is 0. The number of sulfonamides is 1. The standard InChI is InChI=1S/C16H16N4O3S/c17-10-13-3-5-15(6-4-13)24(21,22)20-9-1-2-14(12-20)23-16-11-18-7-8-19-16/h3-8,11,14H,1-2,9,12H2/t14-/m0/s1. The smallest absolute Gasteiger partial charge is 0.243 e. The highest BCUT2D eigenvalue weighted by atomic mass is 32.2. The summed E-state index contributed by atoms with van der Waals surface area (Å²) in [5, 5.41) is 8.82. The van der Waals surface area contributed by atoms with Crippen molar-refractivity contribution in [1.82, 2.24) is 14.3 Å². The molecule has 0 bridgehead atoms. The van der Waals surface area contributed by atoms with Gasteiger partial charge in [0.25, 0.3) is 0 Å². The molecule has 124 valence electrons. The molecule has 0 radical (unpaired) electrons. The molecule has 2 aromatic rings. The minimum absolute atomic E-state index is 0.182. The van der Waals surface area contributed by atoms with Crippen LogP contribution in [0.5, 0.6) is 5.88 Å². The van der Waals surface area contributed by atoms with Gasteiger partial charge < -0.3 is 4.74 Å². The average molecular weight is 344 g/mol. The first-order valence-electron chi connectivity index (χ1n) is 7.52. The minimum atomic E-state index is -3.60. The zero-order valence-electron chi connectivity index (χ0n) is 12.9. The summed E-state index contributed by atoms with van der Waals surface area (Å²) in [6.45, 7) is 0.710. The van der Waals surface area contributed by atoms with E-state index in [1.165, 1.54) is 41.0 Å². The van der Waals surface area contributed by atoms with Crippen LogP contribution in [0.15, 0.2) is 47.8 Å². The van der Waals surface area contributed by atoms with Crippen molar-refractivity contribution in [3.63, 3.8) is 0 Å². The van der Waals surface area contributed by atoms with Crippen LogP contribution in [0.25, 0.3) is 0 Å². The van der Waals surface area contributed by atoms with Crippen LogP contribution >= 0.6 is 0 Å². The van der Waals surface area contributed by atoms with Gasteiger partial charge in [0, 0.05) is 18.9 Å². The van der Waals surface area contributed by atoms with E-state index in [0.29, 0.717) is 24.4 Å². The van der Waals surface area contributed by atoms with Gasteiger partial charge >= 0.3 is 0 Å². The number of ether oxygens (including phenoxy) is 1. The molecule has 24 heavy (non-hydrogen) atoms. The van der Waals surface area contributed by atoms with Crippen molar-refractivity contribution in [3.05, 3.63) is 48.4 Å². The Balaban J connectivity index is 1.74. The van der Waals surface area contributed by atoms with Gasteiger partial charge in [0.1, 0.15) is 6.10 Å². The van der Waals surface area contributed by atoms with Gasteiger partial charge in [-0.1, -0.05) is 0 Å². The second kappa shape index (κ2) is 6.95. The summed E-state index contributed by atoms with van der Waals surface area (Å²) in [4.78, 5) is 8.17. The van der Waals surface area contributed by atoms with Crippen molar-refractivity contribution in [1.29, 1.82) is 5.26 Å². The lowest BCUT2D eigenvalue weighted by Gasteiger charge is -2.31. The van der Waals surface area contributed by atoms with Crippen molar-refractivity contribution < 1.29 is 13.2 Å². The summed E-state index contributed by atoms with van der Waals surface area (Å²) in [7, 11) is -3.60. The first-order valence-corrected chi connectivity index (χ1v) is 8.96. The van der Waals surface area contributed by atoms with E-state index in [2.05, 4.69) is 9.97 Å². The molecule has 1 atom stereocenters. The molecule has 0 N–H and O–H groups in total. The van der Waals surface area contributed by atoms with Crippen molar-refractivity contribution in [2.75, 3.05) is 13.1 Å². The zero-order valence-corrected chi connectivity index (χ0v) is 13.7. The van der Waals surface area contributed by atoms with Crippen LogP contribution in [0.1, 0.15) is 18.4 Å². The van der Waals surface area contributed by atoms with Crippen LogP contribution < -0.4 is 4.74 Å². The number of benzene rings is 1. The van der Waals surface area contributed by atoms with Gasteiger partial charge in [0.05, 0.1) is 29.3 Å². The maximum absolute atomic E-state index is 12.7. The van der Waals surface area contributed by atoms with Crippen LogP contribution in [-0.4, -0.2) is 41.9 Å². The first-order chi connectivity index (χ1) is 11.6. The van der Waals surface area contributed by atoms with Crippen molar-refractivity contribution in [3.8, 4) is 11.9 Å². The number of nitriles is 1. The summed E-state index contributed by atoms with van der Waals surface area (Å²) in [5.41, 5.74) is 0.427. The fraction of sp³-hybridized carbons (Fsp3) is 0.312. The van der Waals surface area contributed by atoms with E-state index < -0.39 is 10.0 Å². The summed E-state index contributed by atoms with van der Waals surface area (Å²) >= 11 is 0. The molecule has 0 unspecified atom stereocenters. The fourth-order valence-electron chi connectivity index (χ4n) is 2.59. The first kappa shape index (κ1) is 16.4. The van der Waals surface area contributed by atoms with E-state index >= 15 is 0 Å². The summed E-state index contributed by atoms with van der Waals surface area (Å²) < 4.78 is 32.6. The van der Waals surface area contributed by atoms with E-state index in [1.807, 2.05) is 6.07 Å². The number of piperidine rings is 1. The molecule has 0 saturated carbocycles. The highest BCUT2D eigenvalue weighted by Crippen LogP contribution is 2.23. The van der Waals surface area contributed by atoms with Crippen LogP contribution in [0.2, 0.25) is 0 Å². The average Bonchev–Trinajstić information content (AvgIpc) is 2.63. The number of hydrogen-bond acceptors (Lipinski definition) is 6. The normalized spacial score (nSPS) is 18.7. The van der Waals surface area contributed by atoms with Crippen LogP contribution in [0.3, 0.4) is 0 Å². The predicted octanol–water partition coefficient (Wildman–Crippen LogP) is 1.58. The number of aromatic nitrogens is 2. The molecular formula is C16H16N4O3S. The van der Waals surface area contributed by atoms with Gasteiger partial charge in [-0.05, 0) is 37.1 Å². The van der Waals surface area contributed by atoms with Crippen LogP contribution in [0.4, 0.5) is 0 Å². The molecule has 0 aliphatic carbocycles. The minimum Gasteiger partial charge on any atom is -0.472 e. The molecule has 1 aromatic carbocycles. The van der Waals surface area contributed by atoms with Crippen molar-refractivity contribution in [2.45, 2.75) is 23.8 Å². The summed E-state index contributed by atoms with van der Waals surface area (Å²) in [6.07, 6.45) is 5.80. The van der Waals surface area contributed by atoms with Gasteiger partial charge in [-0.25, -0.2) is 13.4 Å². The lowest BCUT2D eigenvalue weighted by atomic mass is 10.1. The molecule has 3 rings (SSSR count). The number of nitrogens with zero attached hydrogens (tertiary/aromatic N) is 4. The van der Waals surface area contributed by atoms with Crippen LogP contribution in [-0.2, 0) is 10.0 Å². The van der Waals surface area contributed by atoms with Crippen LogP contribution in [0, 0.1) is 11.3 Å². The lowest BCUT2D eigenvalue weighted by Crippen LogP contribution is -2.44. The Bertz CT molecular complexity index is 832. The monoisotopic (exact) mass is 344 g/mol. The lowest BCUT2D eigenvalue weighted by molar-refractivity contribution is 0.124. The second-order valence-electron chi connectivity index (χ2n) is 5.42. The van der Waals surface area contributed by atoms with Gasteiger partial charge in [0.2, 0.25) is 15.9 Å². The molecule has 1 fully saturated rings. The van der Waals surface area contributed by atoms with E-state index in [0.717, 1.165) is 6.42 Å². The van der Waals surface area contributed by atoms with Gasteiger partial charge in [0.15, 0.2) is 0 Å². The van der Waals surface area contributed by atoms with E-state index in [9.17, 15) is 8.42 Å². The highest BCUT2D eigenvalue weighted by molar-refractivity contribution is 7.89. The third kappa shape index (κ3) is 3.53. The third-order valence-electron chi connectivity index (χ3n) is 3.79. The van der Waals surface area contributed by atoms with Gasteiger partial charge in [-0.2, -0.15) is 9.57 Å². The zero-order chi connectivity index (χ0) is 17.0.